The zero-order valence-corrected chi connectivity index (χ0v) is 8.67. The number of aliphatic carboxylic acids is 1. The van der Waals surface area contributed by atoms with E-state index in [0.29, 0.717) is 19.6 Å². The molecule has 1 rings (SSSR count). The Morgan fingerprint density at radius 1 is 1.57 bits per heavy atom. The van der Waals surface area contributed by atoms with Crippen LogP contribution in [-0.4, -0.2) is 36.2 Å². The lowest BCUT2D eigenvalue weighted by atomic mass is 10.0. The summed E-state index contributed by atoms with van der Waals surface area (Å²) in [4.78, 5) is 21.9. The second kappa shape index (κ2) is 5.82. The number of ether oxygens (including phenoxy) is 1. The van der Waals surface area contributed by atoms with Crippen LogP contribution in [0.1, 0.15) is 13.3 Å². The molecule has 6 heteroatoms. The number of halogens is 1. The van der Waals surface area contributed by atoms with E-state index in [1.165, 1.54) is 0 Å². The summed E-state index contributed by atoms with van der Waals surface area (Å²) in [5.41, 5.74) is 0. The monoisotopic (exact) mass is 223 g/mol. The molecule has 1 aliphatic heterocycles. The fourth-order valence-corrected chi connectivity index (χ4v) is 1.47. The van der Waals surface area contributed by atoms with Crippen LogP contribution in [-0.2, 0) is 14.3 Å². The third kappa shape index (κ3) is 2.85. The van der Waals surface area contributed by atoms with Gasteiger partial charge in [0.25, 0.3) is 0 Å². The van der Waals surface area contributed by atoms with Crippen LogP contribution >= 0.6 is 12.4 Å². The Morgan fingerprint density at radius 3 is 2.71 bits per heavy atom. The molecule has 1 fully saturated rings. The summed E-state index contributed by atoms with van der Waals surface area (Å²) in [5, 5.41) is 11.5. The summed E-state index contributed by atoms with van der Waals surface area (Å²) >= 11 is 0. The first-order valence-electron chi connectivity index (χ1n) is 4.29. The molecule has 1 aliphatic rings. The standard InChI is InChI=1S/C8H13NO4.ClH/c1-2-13-8(12)5-3-4-9-6(5)7(10)11;/h5-6,9H,2-4H2,1H3,(H,10,11);1H/t5-,6+;/m1./s1. The van der Waals surface area contributed by atoms with Crippen molar-refractivity contribution in [3.05, 3.63) is 0 Å². The van der Waals surface area contributed by atoms with Crippen molar-refractivity contribution in [3.63, 3.8) is 0 Å². The molecule has 0 aromatic carbocycles. The number of carboxylic acid groups (broad SMARTS) is 1. The lowest BCUT2D eigenvalue weighted by molar-refractivity contribution is -0.153. The molecule has 14 heavy (non-hydrogen) atoms. The molecule has 0 unspecified atom stereocenters. The Bertz CT molecular complexity index is 221. The number of hydrogen-bond donors (Lipinski definition) is 2. The summed E-state index contributed by atoms with van der Waals surface area (Å²) in [6, 6.07) is -0.779. The lowest BCUT2D eigenvalue weighted by Crippen LogP contribution is -2.39. The van der Waals surface area contributed by atoms with Crippen LogP contribution in [0, 0.1) is 5.92 Å². The van der Waals surface area contributed by atoms with Crippen LogP contribution in [0.2, 0.25) is 0 Å². The van der Waals surface area contributed by atoms with Gasteiger partial charge in [-0.25, -0.2) is 0 Å². The summed E-state index contributed by atoms with van der Waals surface area (Å²) in [6.45, 7) is 2.55. The molecule has 0 aromatic rings. The van der Waals surface area contributed by atoms with Gasteiger partial charge in [-0.1, -0.05) is 0 Å². The second-order valence-electron chi connectivity index (χ2n) is 2.92. The Morgan fingerprint density at radius 2 is 2.21 bits per heavy atom. The molecular weight excluding hydrogens is 210 g/mol. The number of carbonyl (C=O) groups excluding carboxylic acids is 1. The smallest absolute Gasteiger partial charge is 0.321 e. The van der Waals surface area contributed by atoms with Gasteiger partial charge in [0.15, 0.2) is 0 Å². The van der Waals surface area contributed by atoms with E-state index < -0.39 is 23.9 Å². The molecule has 0 radical (unpaired) electrons. The van der Waals surface area contributed by atoms with E-state index in [-0.39, 0.29) is 12.4 Å². The van der Waals surface area contributed by atoms with Gasteiger partial charge >= 0.3 is 11.9 Å². The Balaban J connectivity index is 0.00000169. The van der Waals surface area contributed by atoms with Gasteiger partial charge in [-0.2, -0.15) is 0 Å². The third-order valence-electron chi connectivity index (χ3n) is 2.08. The number of carboxylic acids is 1. The van der Waals surface area contributed by atoms with Gasteiger partial charge in [0.05, 0.1) is 12.5 Å². The molecule has 0 amide bonds. The molecule has 0 aliphatic carbocycles. The van der Waals surface area contributed by atoms with Gasteiger partial charge < -0.3 is 15.2 Å². The van der Waals surface area contributed by atoms with E-state index in [4.69, 9.17) is 9.84 Å². The summed E-state index contributed by atoms with van der Waals surface area (Å²) in [5.74, 6) is -1.94. The first-order valence-corrected chi connectivity index (χ1v) is 4.29. The molecular formula is C8H14ClNO4. The average Bonchev–Trinajstić information content (AvgIpc) is 2.52. The van der Waals surface area contributed by atoms with Crippen molar-refractivity contribution >= 4 is 24.3 Å². The van der Waals surface area contributed by atoms with E-state index in [1.54, 1.807) is 6.92 Å². The van der Waals surface area contributed by atoms with Crippen molar-refractivity contribution < 1.29 is 19.4 Å². The highest BCUT2D eigenvalue weighted by Gasteiger charge is 2.38. The molecule has 1 heterocycles. The molecule has 5 nitrogen and oxygen atoms in total. The fraction of sp³-hybridized carbons (Fsp3) is 0.750. The molecule has 2 atom stereocenters. The zero-order valence-electron chi connectivity index (χ0n) is 7.86. The van der Waals surface area contributed by atoms with Gasteiger partial charge in [0.2, 0.25) is 0 Å². The maximum atomic E-state index is 11.2. The molecule has 82 valence electrons. The normalized spacial score (nSPS) is 25.2. The highest BCUT2D eigenvalue weighted by atomic mass is 35.5. The number of carbonyl (C=O) groups is 2. The van der Waals surface area contributed by atoms with Gasteiger partial charge in [-0.15, -0.1) is 12.4 Å². The van der Waals surface area contributed by atoms with Crippen LogP contribution in [0.15, 0.2) is 0 Å². The number of rotatable bonds is 3. The van der Waals surface area contributed by atoms with Gasteiger partial charge in [0, 0.05) is 0 Å². The van der Waals surface area contributed by atoms with Gasteiger partial charge in [-0.3, -0.25) is 9.59 Å². The quantitative estimate of drug-likeness (QED) is 0.661. The van der Waals surface area contributed by atoms with E-state index in [2.05, 4.69) is 5.32 Å². The Labute approximate surface area is 88.2 Å². The van der Waals surface area contributed by atoms with E-state index >= 15 is 0 Å². The average molecular weight is 224 g/mol. The first-order chi connectivity index (χ1) is 6.16. The maximum Gasteiger partial charge on any atom is 0.321 e. The fourth-order valence-electron chi connectivity index (χ4n) is 1.47. The molecule has 0 saturated carbocycles. The van der Waals surface area contributed by atoms with E-state index in [0.717, 1.165) is 0 Å². The van der Waals surface area contributed by atoms with Crippen molar-refractivity contribution in [1.29, 1.82) is 0 Å². The molecule has 0 bridgehead atoms. The van der Waals surface area contributed by atoms with Crippen LogP contribution < -0.4 is 5.32 Å². The topological polar surface area (TPSA) is 75.6 Å². The number of nitrogens with one attached hydrogen (secondary N) is 1. The van der Waals surface area contributed by atoms with Crippen LogP contribution in [0.4, 0.5) is 0 Å². The minimum atomic E-state index is -0.990. The summed E-state index contributed by atoms with van der Waals surface area (Å²) < 4.78 is 4.76. The lowest BCUT2D eigenvalue weighted by Gasteiger charge is -2.13. The number of hydrogen-bond acceptors (Lipinski definition) is 4. The SMILES string of the molecule is CCOC(=O)[C@@H]1CCN[C@@H]1C(=O)O.Cl. The molecule has 2 N–H and O–H groups in total. The predicted octanol–water partition coefficient (Wildman–Crippen LogP) is 0.0340. The maximum absolute atomic E-state index is 11.2. The van der Waals surface area contributed by atoms with Crippen molar-refractivity contribution in [3.8, 4) is 0 Å². The largest absolute Gasteiger partial charge is 0.480 e. The molecule has 1 saturated heterocycles. The highest BCUT2D eigenvalue weighted by molar-refractivity contribution is 5.85. The van der Waals surface area contributed by atoms with Crippen molar-refractivity contribution in [2.45, 2.75) is 19.4 Å². The minimum absolute atomic E-state index is 0. The third-order valence-corrected chi connectivity index (χ3v) is 2.08. The Hall–Kier alpha value is -0.810. The number of esters is 1. The Kier molecular flexibility index (Phi) is 5.49. The van der Waals surface area contributed by atoms with E-state index in [1.807, 2.05) is 0 Å². The summed E-state index contributed by atoms with van der Waals surface area (Å²) in [7, 11) is 0. The van der Waals surface area contributed by atoms with Gasteiger partial charge in [-0.05, 0) is 19.9 Å². The second-order valence-corrected chi connectivity index (χ2v) is 2.92. The molecule has 0 aromatic heterocycles. The minimum Gasteiger partial charge on any atom is -0.480 e. The van der Waals surface area contributed by atoms with Crippen molar-refractivity contribution in [2.75, 3.05) is 13.2 Å². The first kappa shape index (κ1) is 13.2. The van der Waals surface area contributed by atoms with Crippen molar-refractivity contribution in [1.82, 2.24) is 5.32 Å². The van der Waals surface area contributed by atoms with Crippen molar-refractivity contribution in [2.24, 2.45) is 5.92 Å². The zero-order chi connectivity index (χ0) is 9.84. The van der Waals surface area contributed by atoms with Crippen LogP contribution in [0.5, 0.6) is 0 Å². The van der Waals surface area contributed by atoms with Crippen LogP contribution in [0.25, 0.3) is 0 Å². The highest BCUT2D eigenvalue weighted by Crippen LogP contribution is 2.17. The van der Waals surface area contributed by atoms with E-state index in [9.17, 15) is 9.59 Å². The summed E-state index contributed by atoms with van der Waals surface area (Å²) in [6.07, 6.45) is 0.538. The van der Waals surface area contributed by atoms with Crippen LogP contribution in [0.3, 0.4) is 0 Å². The van der Waals surface area contributed by atoms with Gasteiger partial charge in [0.1, 0.15) is 6.04 Å². The predicted molar refractivity (Wildman–Crippen MR) is 51.4 cm³/mol. The molecule has 0 spiro atoms.